The fourth-order valence-electron chi connectivity index (χ4n) is 8.68. The smallest absolute Gasteiger partial charge is 0.303 e. The van der Waals surface area contributed by atoms with Crippen molar-refractivity contribution < 1.29 is 30.7 Å². The lowest BCUT2D eigenvalue weighted by molar-refractivity contribution is -0.207. The van der Waals surface area contributed by atoms with Gasteiger partial charge >= 0.3 is 5.97 Å². The summed E-state index contributed by atoms with van der Waals surface area (Å²) in [6, 6.07) is 0. The van der Waals surface area contributed by atoms with Crippen molar-refractivity contribution in [2.24, 2.45) is 46.3 Å². The predicted molar refractivity (Wildman–Crippen MR) is 114 cm³/mol. The first-order chi connectivity index (χ1) is 13.6. The highest BCUT2D eigenvalue weighted by Crippen LogP contribution is 2.68. The van der Waals surface area contributed by atoms with Crippen LogP contribution in [0.2, 0.25) is 0 Å². The summed E-state index contributed by atoms with van der Waals surface area (Å²) in [4.78, 5) is 11.1. The Morgan fingerprint density at radius 1 is 1.03 bits per heavy atom. The number of rotatable bonds is 4. The van der Waals surface area contributed by atoms with E-state index in [9.17, 15) is 20.1 Å². The molecule has 30 heavy (non-hydrogen) atoms. The second kappa shape index (κ2) is 8.34. The normalized spacial score (nSPS) is 51.1. The Bertz CT molecular complexity index is 639. The molecule has 6 heteroatoms. The molecular weight excluding hydrogens is 384 g/mol. The van der Waals surface area contributed by atoms with E-state index in [1.807, 2.05) is 0 Å². The topological polar surface area (TPSA) is 129 Å². The molecule has 0 amide bonds. The van der Waals surface area contributed by atoms with Gasteiger partial charge in [0.2, 0.25) is 0 Å². The molecule has 11 atom stereocenters. The van der Waals surface area contributed by atoms with Crippen LogP contribution >= 0.6 is 0 Å². The number of carboxylic acid groups (broad SMARTS) is 1. The lowest BCUT2D eigenvalue weighted by Gasteiger charge is -2.63. The SMILES string of the molecule is C[C@H](CCC(=O)O)[C@H]1CC[C@H]2[C@H]3[C@H](O)C[C@H]4C[C@H](O)CC[C@]4(C)[C@H]3C[C@H](O)[C@]12C.O. The van der Waals surface area contributed by atoms with Crippen LogP contribution in [0, 0.1) is 46.3 Å². The second-order valence-corrected chi connectivity index (χ2v) is 11.4. The third-order valence-corrected chi connectivity index (χ3v) is 10.3. The van der Waals surface area contributed by atoms with E-state index >= 15 is 0 Å². The maximum Gasteiger partial charge on any atom is 0.303 e. The van der Waals surface area contributed by atoms with Crippen molar-refractivity contribution in [2.45, 2.75) is 96.9 Å². The minimum atomic E-state index is -0.748. The van der Waals surface area contributed by atoms with E-state index in [4.69, 9.17) is 5.11 Å². The molecule has 0 aromatic carbocycles. The molecule has 0 saturated heterocycles. The van der Waals surface area contributed by atoms with Gasteiger partial charge in [-0.05, 0) is 97.7 Å². The van der Waals surface area contributed by atoms with Gasteiger partial charge in [0.15, 0.2) is 0 Å². The van der Waals surface area contributed by atoms with E-state index in [0.717, 1.165) is 44.9 Å². The lowest BCUT2D eigenvalue weighted by Crippen LogP contribution is -2.62. The first kappa shape index (κ1) is 24.0. The molecule has 0 aliphatic heterocycles. The number of carboxylic acids is 1. The van der Waals surface area contributed by atoms with Crippen LogP contribution in [0.4, 0.5) is 0 Å². The third kappa shape index (κ3) is 3.52. The van der Waals surface area contributed by atoms with E-state index in [2.05, 4.69) is 20.8 Å². The van der Waals surface area contributed by atoms with Gasteiger partial charge in [0.25, 0.3) is 0 Å². The van der Waals surface area contributed by atoms with Gasteiger partial charge in [-0.3, -0.25) is 4.79 Å². The Kier molecular flexibility index (Phi) is 6.66. The first-order valence-corrected chi connectivity index (χ1v) is 11.8. The zero-order valence-electron chi connectivity index (χ0n) is 18.8. The lowest BCUT2D eigenvalue weighted by atomic mass is 9.43. The Morgan fingerprint density at radius 2 is 1.73 bits per heavy atom. The molecule has 0 aromatic heterocycles. The molecule has 6 N–H and O–H groups in total. The second-order valence-electron chi connectivity index (χ2n) is 11.4. The number of hydrogen-bond acceptors (Lipinski definition) is 4. The zero-order chi connectivity index (χ0) is 21.1. The van der Waals surface area contributed by atoms with Crippen molar-refractivity contribution in [2.75, 3.05) is 0 Å². The van der Waals surface area contributed by atoms with E-state index in [1.165, 1.54) is 0 Å². The van der Waals surface area contributed by atoms with Crippen molar-refractivity contribution in [3.63, 3.8) is 0 Å². The van der Waals surface area contributed by atoms with Crippen LogP contribution in [-0.4, -0.2) is 50.2 Å². The van der Waals surface area contributed by atoms with Crippen molar-refractivity contribution >= 4 is 5.97 Å². The molecule has 0 unspecified atom stereocenters. The maximum absolute atomic E-state index is 11.5. The Hall–Kier alpha value is -0.690. The summed E-state index contributed by atoms with van der Waals surface area (Å²) in [6.07, 6.45) is 6.00. The molecular formula is C24H42O6. The molecule has 4 fully saturated rings. The van der Waals surface area contributed by atoms with Gasteiger partial charge in [-0.2, -0.15) is 0 Å². The zero-order valence-corrected chi connectivity index (χ0v) is 18.8. The highest BCUT2D eigenvalue weighted by molar-refractivity contribution is 5.66. The summed E-state index contributed by atoms with van der Waals surface area (Å²) < 4.78 is 0. The van der Waals surface area contributed by atoms with E-state index in [0.29, 0.717) is 30.1 Å². The largest absolute Gasteiger partial charge is 0.481 e. The molecule has 0 heterocycles. The summed E-state index contributed by atoms with van der Waals surface area (Å²) in [5.41, 5.74) is -0.143. The number of aliphatic hydroxyl groups excluding tert-OH is 3. The maximum atomic E-state index is 11.5. The third-order valence-electron chi connectivity index (χ3n) is 10.3. The molecule has 0 spiro atoms. The summed E-state index contributed by atoms with van der Waals surface area (Å²) in [5, 5.41) is 42.0. The van der Waals surface area contributed by atoms with Gasteiger partial charge in [-0.25, -0.2) is 0 Å². The van der Waals surface area contributed by atoms with E-state index in [1.54, 1.807) is 0 Å². The molecule has 4 aliphatic rings. The average Bonchev–Trinajstić information content (AvgIpc) is 3.01. The quantitative estimate of drug-likeness (QED) is 0.549. The average molecular weight is 427 g/mol. The van der Waals surface area contributed by atoms with Crippen LogP contribution in [-0.2, 0) is 4.79 Å². The Morgan fingerprint density at radius 3 is 2.40 bits per heavy atom. The molecule has 4 aliphatic carbocycles. The van der Waals surface area contributed by atoms with Gasteiger partial charge in [-0.15, -0.1) is 0 Å². The number of aliphatic hydroxyl groups is 3. The van der Waals surface area contributed by atoms with E-state index in [-0.39, 0.29) is 46.8 Å². The number of fused-ring (bicyclic) bond motifs is 5. The molecule has 174 valence electrons. The fraction of sp³-hybridized carbons (Fsp3) is 0.958. The highest BCUT2D eigenvalue weighted by Gasteiger charge is 2.65. The van der Waals surface area contributed by atoms with Gasteiger partial charge < -0.3 is 25.9 Å². The van der Waals surface area contributed by atoms with Crippen molar-refractivity contribution in [1.29, 1.82) is 0 Å². The van der Waals surface area contributed by atoms with Crippen LogP contribution < -0.4 is 0 Å². The number of aliphatic carboxylic acids is 1. The van der Waals surface area contributed by atoms with Gasteiger partial charge in [0.1, 0.15) is 0 Å². The minimum Gasteiger partial charge on any atom is -0.481 e. The van der Waals surface area contributed by atoms with Crippen molar-refractivity contribution in [3.8, 4) is 0 Å². The minimum absolute atomic E-state index is 0. The van der Waals surface area contributed by atoms with Crippen LogP contribution in [0.25, 0.3) is 0 Å². The molecule has 6 nitrogen and oxygen atoms in total. The van der Waals surface area contributed by atoms with E-state index < -0.39 is 12.1 Å². The first-order valence-electron chi connectivity index (χ1n) is 11.8. The number of hydrogen-bond donors (Lipinski definition) is 4. The van der Waals surface area contributed by atoms with Crippen LogP contribution in [0.15, 0.2) is 0 Å². The number of carbonyl (C=O) groups is 1. The fourth-order valence-corrected chi connectivity index (χ4v) is 8.68. The summed E-state index contributed by atoms with van der Waals surface area (Å²) in [5.74, 6) is 0.997. The summed E-state index contributed by atoms with van der Waals surface area (Å²) in [6.45, 7) is 6.72. The summed E-state index contributed by atoms with van der Waals surface area (Å²) in [7, 11) is 0. The molecule has 0 aromatic rings. The van der Waals surface area contributed by atoms with Crippen molar-refractivity contribution in [3.05, 3.63) is 0 Å². The van der Waals surface area contributed by atoms with Gasteiger partial charge in [-0.1, -0.05) is 20.8 Å². The van der Waals surface area contributed by atoms with Crippen LogP contribution in [0.5, 0.6) is 0 Å². The Labute approximate surface area is 180 Å². The predicted octanol–water partition coefficient (Wildman–Crippen LogP) is 2.62. The van der Waals surface area contributed by atoms with Crippen LogP contribution in [0.1, 0.15) is 78.6 Å². The summed E-state index contributed by atoms with van der Waals surface area (Å²) >= 11 is 0. The van der Waals surface area contributed by atoms with Crippen LogP contribution in [0.3, 0.4) is 0 Å². The monoisotopic (exact) mass is 426 g/mol. The Balaban J connectivity index is 0.00000256. The van der Waals surface area contributed by atoms with Crippen molar-refractivity contribution in [1.82, 2.24) is 0 Å². The van der Waals surface area contributed by atoms with Gasteiger partial charge in [0.05, 0.1) is 18.3 Å². The molecule has 4 rings (SSSR count). The standard InChI is InChI=1S/C24H40O5.H2O/c1-13(4-7-21(28)29)16-5-6-17-22-18(12-20(27)24(16,17)3)23(2)9-8-15(25)10-14(23)11-19(22)26;/h13-20,22,25-27H,4-12H2,1-3H3,(H,28,29);1H2/t13-,14-,15-,16-,17+,18+,19-,20+,22-,23+,24-;/m1./s1. The molecule has 0 radical (unpaired) electrons. The molecule has 0 bridgehead atoms. The highest BCUT2D eigenvalue weighted by atomic mass is 16.4. The molecule has 4 saturated carbocycles. The van der Waals surface area contributed by atoms with Gasteiger partial charge in [0, 0.05) is 6.42 Å².